The van der Waals surface area contributed by atoms with Crippen LogP contribution in [-0.2, 0) is 0 Å². The molecule has 0 spiro atoms. The predicted molar refractivity (Wildman–Crippen MR) is 60.4 cm³/mol. The van der Waals surface area contributed by atoms with Gasteiger partial charge in [0.15, 0.2) is 5.69 Å². The fourth-order valence-electron chi connectivity index (χ4n) is 1.25. The first kappa shape index (κ1) is 10.9. The standard InChI is InChI=1S/C11H9N3O3/c15-9-4-2-1-3-7(9)13-10-6-12-5-8(14-10)11(16)17/h1-6,15H,(H,13,14)(H,16,17). The molecule has 0 unspecified atom stereocenters. The summed E-state index contributed by atoms with van der Waals surface area (Å²) < 4.78 is 0. The molecule has 17 heavy (non-hydrogen) atoms. The van der Waals surface area contributed by atoms with E-state index in [2.05, 4.69) is 15.3 Å². The van der Waals surface area contributed by atoms with Gasteiger partial charge < -0.3 is 15.5 Å². The van der Waals surface area contributed by atoms with Gasteiger partial charge in [0.1, 0.15) is 11.6 Å². The number of carbonyl (C=O) groups is 1. The van der Waals surface area contributed by atoms with Gasteiger partial charge in [0, 0.05) is 0 Å². The molecule has 0 radical (unpaired) electrons. The van der Waals surface area contributed by atoms with E-state index in [1.54, 1.807) is 18.2 Å². The summed E-state index contributed by atoms with van der Waals surface area (Å²) in [6.07, 6.45) is 2.53. The molecule has 3 N–H and O–H groups in total. The van der Waals surface area contributed by atoms with Crippen molar-refractivity contribution in [2.45, 2.75) is 0 Å². The zero-order valence-corrected chi connectivity index (χ0v) is 8.66. The number of aromatic nitrogens is 2. The molecule has 0 saturated heterocycles. The highest BCUT2D eigenvalue weighted by Crippen LogP contribution is 2.24. The first-order valence-electron chi connectivity index (χ1n) is 4.77. The van der Waals surface area contributed by atoms with Gasteiger partial charge in [-0.25, -0.2) is 9.78 Å². The van der Waals surface area contributed by atoms with E-state index in [0.29, 0.717) is 5.69 Å². The number of rotatable bonds is 3. The molecule has 0 bridgehead atoms. The molecule has 0 atom stereocenters. The molecular weight excluding hydrogens is 222 g/mol. The Morgan fingerprint density at radius 2 is 2.00 bits per heavy atom. The SMILES string of the molecule is O=C(O)c1cncc(Nc2ccccc2O)n1. The lowest BCUT2D eigenvalue weighted by atomic mass is 10.3. The van der Waals surface area contributed by atoms with Gasteiger partial charge in [-0.1, -0.05) is 12.1 Å². The van der Waals surface area contributed by atoms with E-state index in [9.17, 15) is 9.90 Å². The summed E-state index contributed by atoms with van der Waals surface area (Å²) in [5.74, 6) is -0.847. The third-order valence-electron chi connectivity index (χ3n) is 2.02. The lowest BCUT2D eigenvalue weighted by molar-refractivity contribution is 0.0690. The Hall–Kier alpha value is -2.63. The number of anilines is 2. The van der Waals surface area contributed by atoms with Gasteiger partial charge in [-0.05, 0) is 12.1 Å². The monoisotopic (exact) mass is 231 g/mol. The minimum Gasteiger partial charge on any atom is -0.506 e. The van der Waals surface area contributed by atoms with Gasteiger partial charge in [0.05, 0.1) is 18.1 Å². The van der Waals surface area contributed by atoms with Gasteiger partial charge in [0.25, 0.3) is 0 Å². The topological polar surface area (TPSA) is 95.3 Å². The van der Waals surface area contributed by atoms with E-state index in [-0.39, 0.29) is 17.3 Å². The van der Waals surface area contributed by atoms with Crippen LogP contribution in [0.25, 0.3) is 0 Å². The lowest BCUT2D eigenvalue weighted by Gasteiger charge is -2.06. The van der Waals surface area contributed by atoms with Crippen LogP contribution in [-0.4, -0.2) is 26.2 Å². The number of hydrogen-bond acceptors (Lipinski definition) is 5. The number of carboxylic acids is 1. The van der Waals surface area contributed by atoms with Crippen molar-refractivity contribution >= 4 is 17.5 Å². The molecule has 6 heteroatoms. The molecule has 2 aromatic rings. The molecule has 86 valence electrons. The Morgan fingerprint density at radius 1 is 1.24 bits per heavy atom. The highest BCUT2D eigenvalue weighted by molar-refractivity contribution is 5.85. The molecule has 0 aliphatic rings. The van der Waals surface area contributed by atoms with Gasteiger partial charge in [-0.2, -0.15) is 0 Å². The van der Waals surface area contributed by atoms with Crippen molar-refractivity contribution in [2.24, 2.45) is 0 Å². The fraction of sp³-hybridized carbons (Fsp3) is 0. The van der Waals surface area contributed by atoms with Crippen LogP contribution < -0.4 is 5.32 Å². The molecule has 0 aliphatic carbocycles. The van der Waals surface area contributed by atoms with Crippen molar-refractivity contribution in [1.29, 1.82) is 0 Å². The highest BCUT2D eigenvalue weighted by atomic mass is 16.4. The van der Waals surface area contributed by atoms with Crippen LogP contribution in [0.5, 0.6) is 5.75 Å². The Balaban J connectivity index is 2.28. The van der Waals surface area contributed by atoms with Gasteiger partial charge in [-0.3, -0.25) is 4.98 Å². The van der Waals surface area contributed by atoms with E-state index < -0.39 is 5.97 Å². The second-order valence-electron chi connectivity index (χ2n) is 3.24. The van der Waals surface area contributed by atoms with Crippen LogP contribution in [0.4, 0.5) is 11.5 Å². The quantitative estimate of drug-likeness (QED) is 0.695. The summed E-state index contributed by atoms with van der Waals surface area (Å²) in [6, 6.07) is 6.57. The first-order chi connectivity index (χ1) is 8.16. The summed E-state index contributed by atoms with van der Waals surface area (Å²) in [6.45, 7) is 0. The van der Waals surface area contributed by atoms with E-state index in [1.165, 1.54) is 12.3 Å². The second-order valence-corrected chi connectivity index (χ2v) is 3.24. The summed E-state index contributed by atoms with van der Waals surface area (Å²) in [5.41, 5.74) is 0.273. The van der Waals surface area contributed by atoms with Gasteiger partial charge in [-0.15, -0.1) is 0 Å². The van der Waals surface area contributed by atoms with Crippen molar-refractivity contribution < 1.29 is 15.0 Å². The smallest absolute Gasteiger partial charge is 0.356 e. The van der Waals surface area contributed by atoms with Crippen molar-refractivity contribution in [2.75, 3.05) is 5.32 Å². The first-order valence-corrected chi connectivity index (χ1v) is 4.77. The van der Waals surface area contributed by atoms with Crippen LogP contribution >= 0.6 is 0 Å². The molecule has 1 heterocycles. The molecule has 1 aromatic carbocycles. The highest BCUT2D eigenvalue weighted by Gasteiger charge is 2.07. The maximum absolute atomic E-state index is 10.7. The number of para-hydroxylation sites is 2. The number of aromatic carboxylic acids is 1. The zero-order chi connectivity index (χ0) is 12.3. The maximum atomic E-state index is 10.7. The molecular formula is C11H9N3O3. The average molecular weight is 231 g/mol. The third-order valence-corrected chi connectivity index (χ3v) is 2.02. The number of phenols is 1. The Bertz CT molecular complexity index is 557. The van der Waals surface area contributed by atoms with Crippen LogP contribution in [0, 0.1) is 0 Å². The number of phenolic OH excluding ortho intramolecular Hbond substituents is 1. The van der Waals surface area contributed by atoms with Crippen molar-refractivity contribution in [3.8, 4) is 5.75 Å². The van der Waals surface area contributed by atoms with Crippen molar-refractivity contribution in [3.05, 3.63) is 42.4 Å². The Morgan fingerprint density at radius 3 is 2.71 bits per heavy atom. The Labute approximate surface area is 96.6 Å². The molecule has 0 fully saturated rings. The minimum atomic E-state index is -1.15. The summed E-state index contributed by atoms with van der Waals surface area (Å²) in [7, 11) is 0. The number of nitrogens with zero attached hydrogens (tertiary/aromatic N) is 2. The maximum Gasteiger partial charge on any atom is 0.356 e. The molecule has 1 aromatic heterocycles. The Kier molecular flexibility index (Phi) is 2.87. The number of nitrogens with one attached hydrogen (secondary N) is 1. The van der Waals surface area contributed by atoms with Gasteiger partial charge >= 0.3 is 5.97 Å². The van der Waals surface area contributed by atoms with Gasteiger partial charge in [0.2, 0.25) is 0 Å². The van der Waals surface area contributed by atoms with E-state index >= 15 is 0 Å². The van der Waals surface area contributed by atoms with Crippen molar-refractivity contribution in [1.82, 2.24) is 9.97 Å². The predicted octanol–water partition coefficient (Wildman–Crippen LogP) is 1.62. The number of hydrogen-bond donors (Lipinski definition) is 3. The number of carboxylic acid groups (broad SMARTS) is 1. The minimum absolute atomic E-state index is 0.0510. The molecule has 0 saturated carbocycles. The lowest BCUT2D eigenvalue weighted by Crippen LogP contribution is -2.04. The number of aromatic hydroxyl groups is 1. The number of benzene rings is 1. The normalized spacial score (nSPS) is 9.88. The molecule has 0 aliphatic heterocycles. The van der Waals surface area contributed by atoms with E-state index in [4.69, 9.17) is 5.11 Å². The molecule has 6 nitrogen and oxygen atoms in total. The van der Waals surface area contributed by atoms with Crippen LogP contribution in [0.15, 0.2) is 36.7 Å². The average Bonchev–Trinajstić information content (AvgIpc) is 2.32. The summed E-state index contributed by atoms with van der Waals surface area (Å²) in [5, 5.41) is 21.1. The fourth-order valence-corrected chi connectivity index (χ4v) is 1.25. The van der Waals surface area contributed by atoms with Crippen LogP contribution in [0.3, 0.4) is 0 Å². The van der Waals surface area contributed by atoms with E-state index in [1.807, 2.05) is 0 Å². The zero-order valence-electron chi connectivity index (χ0n) is 8.66. The molecule has 0 amide bonds. The van der Waals surface area contributed by atoms with Crippen LogP contribution in [0.1, 0.15) is 10.5 Å². The summed E-state index contributed by atoms with van der Waals surface area (Å²) in [4.78, 5) is 18.3. The summed E-state index contributed by atoms with van der Waals surface area (Å²) >= 11 is 0. The van der Waals surface area contributed by atoms with E-state index in [0.717, 1.165) is 6.20 Å². The van der Waals surface area contributed by atoms with Crippen LogP contribution in [0.2, 0.25) is 0 Å². The second kappa shape index (κ2) is 4.48. The largest absolute Gasteiger partial charge is 0.506 e. The third kappa shape index (κ3) is 2.49. The van der Waals surface area contributed by atoms with Crippen molar-refractivity contribution in [3.63, 3.8) is 0 Å². The molecule has 2 rings (SSSR count).